The van der Waals surface area contributed by atoms with Gasteiger partial charge < -0.3 is 15.0 Å². The maximum absolute atomic E-state index is 13.0. The number of carbonyl (C=O) groups excluding carboxylic acids is 2. The molecule has 0 unspecified atom stereocenters. The van der Waals surface area contributed by atoms with Crippen molar-refractivity contribution >= 4 is 23.2 Å². The number of aryl methyl sites for hydroxylation is 1. The number of nitrogens with zero attached hydrogens (tertiary/aromatic N) is 2. The lowest BCUT2D eigenvalue weighted by molar-refractivity contribution is -0.274. The molecular weight excluding hydrogens is 411 g/mol. The number of likely N-dealkylation sites (N-methyl/N-ethyl adjacent to an activating group) is 1. The lowest BCUT2D eigenvalue weighted by Crippen LogP contribution is -2.49. The summed E-state index contributed by atoms with van der Waals surface area (Å²) in [6, 6.07) is 12.1. The van der Waals surface area contributed by atoms with Gasteiger partial charge in [0.1, 0.15) is 5.75 Å². The Kier molecular flexibility index (Phi) is 6.84. The van der Waals surface area contributed by atoms with Crippen molar-refractivity contribution in [2.75, 3.05) is 30.4 Å². The van der Waals surface area contributed by atoms with Gasteiger partial charge in [-0.05, 0) is 62.7 Å². The molecule has 9 heteroatoms. The zero-order chi connectivity index (χ0) is 22.6. The average Bonchev–Trinajstić information content (AvgIpc) is 2.72. The summed E-state index contributed by atoms with van der Waals surface area (Å²) in [5.41, 5.74) is 2.37. The van der Waals surface area contributed by atoms with E-state index in [4.69, 9.17) is 0 Å². The van der Waals surface area contributed by atoms with Crippen LogP contribution in [0.3, 0.4) is 0 Å². The van der Waals surface area contributed by atoms with Crippen molar-refractivity contribution in [1.29, 1.82) is 0 Å². The summed E-state index contributed by atoms with van der Waals surface area (Å²) in [7, 11) is 1.68. The molecule has 0 bridgehead atoms. The number of anilines is 2. The maximum Gasteiger partial charge on any atom is 0.573 e. The minimum atomic E-state index is -4.77. The zero-order valence-electron chi connectivity index (χ0n) is 17.3. The first-order valence-electron chi connectivity index (χ1n) is 9.89. The molecule has 6 nitrogen and oxygen atoms in total. The van der Waals surface area contributed by atoms with Crippen LogP contribution in [0.25, 0.3) is 0 Å². The molecule has 0 saturated carbocycles. The van der Waals surface area contributed by atoms with Gasteiger partial charge in [0.05, 0.1) is 12.6 Å². The Morgan fingerprint density at radius 2 is 1.84 bits per heavy atom. The zero-order valence-corrected chi connectivity index (χ0v) is 17.3. The predicted octanol–water partition coefficient (Wildman–Crippen LogP) is 3.82. The van der Waals surface area contributed by atoms with Gasteiger partial charge in [0.25, 0.3) is 0 Å². The molecule has 0 fully saturated rings. The minimum Gasteiger partial charge on any atom is -0.406 e. The molecule has 2 aromatic carbocycles. The summed E-state index contributed by atoms with van der Waals surface area (Å²) in [5, 5.41) is 2.61. The van der Waals surface area contributed by atoms with E-state index in [1.165, 1.54) is 12.1 Å². The van der Waals surface area contributed by atoms with Crippen LogP contribution in [0.5, 0.6) is 5.75 Å². The number of rotatable bonds is 6. The second-order valence-corrected chi connectivity index (χ2v) is 7.43. The van der Waals surface area contributed by atoms with Crippen LogP contribution in [-0.4, -0.2) is 49.3 Å². The van der Waals surface area contributed by atoms with Crippen LogP contribution in [0, 0.1) is 0 Å². The Morgan fingerprint density at radius 1 is 1.16 bits per heavy atom. The molecule has 1 atom stereocenters. The van der Waals surface area contributed by atoms with Crippen molar-refractivity contribution in [2.45, 2.75) is 32.2 Å². The summed E-state index contributed by atoms with van der Waals surface area (Å²) in [4.78, 5) is 28.8. The quantitative estimate of drug-likeness (QED) is 0.750. The summed E-state index contributed by atoms with van der Waals surface area (Å²) >= 11 is 0. The lowest BCUT2D eigenvalue weighted by Gasteiger charge is -2.34. The summed E-state index contributed by atoms with van der Waals surface area (Å²) in [6.45, 7) is 2.33. The number of alkyl halides is 3. The smallest absolute Gasteiger partial charge is 0.406 e. The van der Waals surface area contributed by atoms with Gasteiger partial charge in [-0.1, -0.05) is 18.2 Å². The van der Waals surface area contributed by atoms with Crippen molar-refractivity contribution in [3.05, 3.63) is 54.1 Å². The summed E-state index contributed by atoms with van der Waals surface area (Å²) < 4.78 is 40.5. The number of para-hydroxylation sites is 1. The van der Waals surface area contributed by atoms with E-state index in [-0.39, 0.29) is 24.1 Å². The fraction of sp³-hybridized carbons (Fsp3) is 0.364. The number of halogens is 3. The van der Waals surface area contributed by atoms with E-state index in [1.807, 2.05) is 24.3 Å². The van der Waals surface area contributed by atoms with E-state index in [2.05, 4.69) is 10.1 Å². The second-order valence-electron chi connectivity index (χ2n) is 7.43. The number of hydrogen-bond donors (Lipinski definition) is 1. The molecule has 2 aromatic rings. The summed E-state index contributed by atoms with van der Waals surface area (Å²) in [6.07, 6.45) is -2.96. The van der Waals surface area contributed by atoms with Crippen LogP contribution in [0.4, 0.5) is 24.5 Å². The van der Waals surface area contributed by atoms with Gasteiger partial charge in [-0.15, -0.1) is 13.2 Å². The predicted molar refractivity (Wildman–Crippen MR) is 111 cm³/mol. The number of nitrogens with one attached hydrogen (secondary N) is 1. The van der Waals surface area contributed by atoms with Gasteiger partial charge >= 0.3 is 6.36 Å². The fourth-order valence-electron chi connectivity index (χ4n) is 3.48. The molecule has 3 rings (SSSR count). The number of benzene rings is 2. The largest absolute Gasteiger partial charge is 0.573 e. The van der Waals surface area contributed by atoms with Gasteiger partial charge in [-0.3, -0.25) is 14.5 Å². The maximum atomic E-state index is 13.0. The molecule has 1 N–H and O–H groups in total. The first-order chi connectivity index (χ1) is 14.6. The van der Waals surface area contributed by atoms with Crippen LogP contribution in [0.15, 0.2) is 48.5 Å². The molecule has 0 radical (unpaired) electrons. The number of carbonyl (C=O) groups is 2. The molecular formula is C22H24F3N3O3. The van der Waals surface area contributed by atoms with Crippen LogP contribution >= 0.6 is 0 Å². The Labute approximate surface area is 178 Å². The third-order valence-corrected chi connectivity index (χ3v) is 5.16. The molecule has 0 spiro atoms. The number of fused-ring (bicyclic) bond motifs is 1. The molecule has 31 heavy (non-hydrogen) atoms. The van der Waals surface area contributed by atoms with E-state index in [9.17, 15) is 22.8 Å². The molecule has 1 aliphatic heterocycles. The van der Waals surface area contributed by atoms with Crippen LogP contribution in [0.2, 0.25) is 0 Å². The Hall–Kier alpha value is -3.07. The Morgan fingerprint density at radius 3 is 2.52 bits per heavy atom. The highest BCUT2D eigenvalue weighted by molar-refractivity contribution is 5.98. The van der Waals surface area contributed by atoms with Gasteiger partial charge in [0, 0.05) is 17.9 Å². The van der Waals surface area contributed by atoms with Crippen molar-refractivity contribution in [2.24, 2.45) is 0 Å². The molecule has 0 aromatic heterocycles. The number of hydrogen-bond acceptors (Lipinski definition) is 4. The van der Waals surface area contributed by atoms with Crippen molar-refractivity contribution in [3.63, 3.8) is 0 Å². The molecule has 2 amide bonds. The first kappa shape index (κ1) is 22.6. The highest BCUT2D eigenvalue weighted by Crippen LogP contribution is 2.28. The van der Waals surface area contributed by atoms with Crippen molar-refractivity contribution in [1.82, 2.24) is 4.90 Å². The van der Waals surface area contributed by atoms with E-state index in [0.717, 1.165) is 36.2 Å². The molecule has 166 valence electrons. The van der Waals surface area contributed by atoms with Gasteiger partial charge in [0.15, 0.2) is 0 Å². The highest BCUT2D eigenvalue weighted by Gasteiger charge is 2.31. The van der Waals surface area contributed by atoms with E-state index in [1.54, 1.807) is 23.8 Å². The third-order valence-electron chi connectivity index (χ3n) is 5.16. The van der Waals surface area contributed by atoms with Crippen molar-refractivity contribution in [3.8, 4) is 5.75 Å². The highest BCUT2D eigenvalue weighted by atomic mass is 19.4. The van der Waals surface area contributed by atoms with E-state index in [0.29, 0.717) is 12.2 Å². The summed E-state index contributed by atoms with van der Waals surface area (Å²) in [5.74, 6) is -0.842. The van der Waals surface area contributed by atoms with E-state index < -0.39 is 12.4 Å². The van der Waals surface area contributed by atoms with E-state index >= 15 is 0 Å². The average molecular weight is 435 g/mol. The number of ether oxygens (including phenoxy) is 1. The van der Waals surface area contributed by atoms with Crippen LogP contribution < -0.4 is 15.0 Å². The topological polar surface area (TPSA) is 61.9 Å². The van der Waals surface area contributed by atoms with Gasteiger partial charge in [-0.25, -0.2) is 0 Å². The van der Waals surface area contributed by atoms with Crippen LogP contribution in [-0.2, 0) is 16.0 Å². The minimum absolute atomic E-state index is 0.0524. The molecule has 1 heterocycles. The van der Waals surface area contributed by atoms with Gasteiger partial charge in [-0.2, -0.15) is 0 Å². The third kappa shape index (κ3) is 5.97. The Bertz CT molecular complexity index is 932. The SMILES string of the molecule is C[C@@H](C(=O)N1CCCc2ccccc21)N(C)CC(=O)Nc1ccc(OC(F)(F)F)cc1. The standard InChI is InChI=1S/C22H24F3N3O3/c1-15(21(30)28-13-5-7-16-6-3-4-8-19(16)28)27(2)14-20(29)26-17-9-11-18(12-10-17)31-22(23,24)25/h3-4,6,8-12,15H,5,7,13-14H2,1-2H3,(H,26,29)/t15-/m0/s1. The van der Waals surface area contributed by atoms with Crippen LogP contribution in [0.1, 0.15) is 18.9 Å². The monoisotopic (exact) mass is 435 g/mol. The molecule has 1 aliphatic rings. The number of amides is 2. The van der Waals surface area contributed by atoms with Gasteiger partial charge in [0.2, 0.25) is 11.8 Å². The van der Waals surface area contributed by atoms with Crippen molar-refractivity contribution < 1.29 is 27.5 Å². The molecule has 0 aliphatic carbocycles. The Balaban J connectivity index is 1.56. The lowest BCUT2D eigenvalue weighted by atomic mass is 10.0. The first-order valence-corrected chi connectivity index (χ1v) is 9.89. The molecule has 0 saturated heterocycles. The second kappa shape index (κ2) is 9.38. The fourth-order valence-corrected chi connectivity index (χ4v) is 3.48. The normalized spacial score (nSPS) is 14.7.